The summed E-state index contributed by atoms with van der Waals surface area (Å²) in [7, 11) is 0. The van der Waals surface area contributed by atoms with Crippen molar-refractivity contribution in [2.45, 2.75) is 31.5 Å². The second-order valence-corrected chi connectivity index (χ2v) is 7.16. The molecule has 0 bridgehead atoms. The minimum Gasteiger partial charge on any atom is -0.394 e. The molecule has 1 amide bonds. The number of aromatic nitrogens is 4. The number of anilines is 3. The van der Waals surface area contributed by atoms with Crippen molar-refractivity contribution >= 4 is 40.7 Å². The van der Waals surface area contributed by atoms with Crippen LogP contribution in [0.25, 0.3) is 11.2 Å². The van der Waals surface area contributed by atoms with Gasteiger partial charge in [-0.1, -0.05) is 12.1 Å². The van der Waals surface area contributed by atoms with Gasteiger partial charge in [-0.05, 0) is 17.7 Å². The molecule has 1 aliphatic heterocycles. The fraction of sp³-hybridized carbons (Fsp3) is 0.316. The van der Waals surface area contributed by atoms with Crippen molar-refractivity contribution in [2.24, 2.45) is 5.10 Å². The van der Waals surface area contributed by atoms with E-state index in [1.807, 2.05) is 0 Å². The second-order valence-electron chi connectivity index (χ2n) is 7.16. The van der Waals surface area contributed by atoms with Gasteiger partial charge in [-0.3, -0.25) is 9.36 Å². The van der Waals surface area contributed by atoms with Gasteiger partial charge in [0.25, 0.3) is 0 Å². The van der Waals surface area contributed by atoms with Crippen LogP contribution in [0.2, 0.25) is 0 Å². The molecule has 3 aromatic rings. The van der Waals surface area contributed by atoms with Crippen molar-refractivity contribution in [2.75, 3.05) is 23.1 Å². The first-order valence-corrected chi connectivity index (χ1v) is 9.66. The Morgan fingerprint density at radius 3 is 2.69 bits per heavy atom. The molecule has 168 valence electrons. The Morgan fingerprint density at radius 1 is 1.28 bits per heavy atom. The third-order valence-corrected chi connectivity index (χ3v) is 4.85. The Morgan fingerprint density at radius 2 is 2.03 bits per heavy atom. The fourth-order valence-corrected chi connectivity index (χ4v) is 3.30. The van der Waals surface area contributed by atoms with E-state index < -0.39 is 31.1 Å². The van der Waals surface area contributed by atoms with E-state index in [4.69, 9.17) is 10.5 Å². The SMILES string of the molecule is CC(=O)Nc1ccc(/C=N/Nc2nc(N)c3ncn([C@@H]4O[C@H](CO)C(O)C4O)c3n2)cc1. The van der Waals surface area contributed by atoms with Crippen LogP contribution < -0.4 is 16.5 Å². The lowest BCUT2D eigenvalue weighted by atomic mass is 10.1. The fourth-order valence-electron chi connectivity index (χ4n) is 3.30. The normalized spacial score (nSPS) is 23.1. The molecule has 1 aromatic carbocycles. The number of nitrogens with two attached hydrogens (primary N) is 1. The first-order valence-electron chi connectivity index (χ1n) is 9.66. The van der Waals surface area contributed by atoms with Crippen LogP contribution in [0, 0.1) is 0 Å². The molecular weight excluding hydrogens is 420 g/mol. The number of fused-ring (bicyclic) bond motifs is 1. The maximum Gasteiger partial charge on any atom is 0.247 e. The monoisotopic (exact) mass is 442 g/mol. The molecule has 13 heteroatoms. The zero-order chi connectivity index (χ0) is 22.8. The van der Waals surface area contributed by atoms with Gasteiger partial charge in [0.15, 0.2) is 17.7 Å². The quantitative estimate of drug-likeness (QED) is 0.212. The molecule has 7 N–H and O–H groups in total. The van der Waals surface area contributed by atoms with Crippen molar-refractivity contribution in [3.8, 4) is 0 Å². The van der Waals surface area contributed by atoms with Crippen molar-refractivity contribution in [3.05, 3.63) is 36.2 Å². The van der Waals surface area contributed by atoms with Crippen LogP contribution in [-0.2, 0) is 9.53 Å². The summed E-state index contributed by atoms with van der Waals surface area (Å²) in [6.07, 6.45) is -1.62. The zero-order valence-electron chi connectivity index (χ0n) is 17.0. The zero-order valence-corrected chi connectivity index (χ0v) is 17.0. The van der Waals surface area contributed by atoms with Crippen LogP contribution in [0.3, 0.4) is 0 Å². The van der Waals surface area contributed by atoms with Gasteiger partial charge in [0.2, 0.25) is 11.9 Å². The van der Waals surface area contributed by atoms with Gasteiger partial charge >= 0.3 is 0 Å². The van der Waals surface area contributed by atoms with E-state index in [1.54, 1.807) is 24.3 Å². The first kappa shape index (κ1) is 21.6. The number of nitrogens with one attached hydrogen (secondary N) is 2. The van der Waals surface area contributed by atoms with Crippen LogP contribution >= 0.6 is 0 Å². The van der Waals surface area contributed by atoms with E-state index >= 15 is 0 Å². The highest BCUT2D eigenvalue weighted by atomic mass is 16.6. The Labute approximate surface area is 181 Å². The molecule has 0 spiro atoms. The maximum absolute atomic E-state index is 11.1. The standard InChI is InChI=1S/C19H22N8O5/c1-9(29)23-11-4-2-10(3-5-11)6-22-26-19-24-16(20)13-17(25-19)27(8-21-13)18-15(31)14(30)12(7-28)32-18/h2-6,8,12,14-15,18,28,30-31H,7H2,1H3,(H,23,29)(H3,20,24,25,26)/b22-6+/t12-,14?,15?,18-/m1/s1. The molecule has 1 saturated heterocycles. The summed E-state index contributed by atoms with van der Waals surface area (Å²) in [5.74, 6) is 0.00170. The van der Waals surface area contributed by atoms with E-state index in [0.29, 0.717) is 5.69 Å². The Bertz CT molecular complexity index is 1150. The Hall–Kier alpha value is -3.65. The first-order chi connectivity index (χ1) is 15.4. The van der Waals surface area contributed by atoms with Crippen LogP contribution in [-0.4, -0.2) is 71.9 Å². The van der Waals surface area contributed by atoms with Gasteiger partial charge in [-0.2, -0.15) is 15.1 Å². The summed E-state index contributed by atoms with van der Waals surface area (Å²) >= 11 is 0. The summed E-state index contributed by atoms with van der Waals surface area (Å²) in [5, 5.41) is 36.4. The number of ether oxygens (including phenoxy) is 1. The number of hydrazone groups is 1. The van der Waals surface area contributed by atoms with Gasteiger partial charge in [0, 0.05) is 12.6 Å². The van der Waals surface area contributed by atoms with Crippen molar-refractivity contribution in [1.29, 1.82) is 0 Å². The minimum absolute atomic E-state index is 0.0783. The van der Waals surface area contributed by atoms with Crippen LogP contribution in [0.1, 0.15) is 18.7 Å². The summed E-state index contributed by atoms with van der Waals surface area (Å²) in [6.45, 7) is 0.978. The van der Waals surface area contributed by atoms with Gasteiger partial charge in [0.05, 0.1) is 19.1 Å². The number of nitrogens with zero attached hydrogens (tertiary/aromatic N) is 5. The van der Waals surface area contributed by atoms with Crippen LogP contribution in [0.5, 0.6) is 0 Å². The molecule has 0 aliphatic carbocycles. The number of rotatable bonds is 6. The van der Waals surface area contributed by atoms with Crippen LogP contribution in [0.4, 0.5) is 17.5 Å². The van der Waals surface area contributed by atoms with E-state index in [1.165, 1.54) is 24.0 Å². The topological polar surface area (TPSA) is 193 Å². The smallest absolute Gasteiger partial charge is 0.247 e. The molecule has 4 rings (SSSR count). The lowest BCUT2D eigenvalue weighted by Crippen LogP contribution is -2.33. The lowest BCUT2D eigenvalue weighted by Gasteiger charge is -2.16. The second kappa shape index (κ2) is 8.84. The lowest BCUT2D eigenvalue weighted by molar-refractivity contribution is -0.114. The van der Waals surface area contributed by atoms with Crippen molar-refractivity contribution in [1.82, 2.24) is 19.5 Å². The largest absolute Gasteiger partial charge is 0.394 e. The number of amides is 1. The molecule has 2 aromatic heterocycles. The van der Waals surface area contributed by atoms with E-state index in [0.717, 1.165) is 5.56 Å². The number of carbonyl (C=O) groups is 1. The highest BCUT2D eigenvalue weighted by Gasteiger charge is 2.44. The third-order valence-electron chi connectivity index (χ3n) is 4.85. The maximum atomic E-state index is 11.1. The molecule has 13 nitrogen and oxygen atoms in total. The van der Waals surface area contributed by atoms with Gasteiger partial charge in [-0.25, -0.2) is 10.4 Å². The predicted octanol–water partition coefficient (Wildman–Crippen LogP) is -0.576. The number of aliphatic hydroxyl groups excluding tert-OH is 3. The number of carbonyl (C=O) groups excluding carboxylic acids is 1. The molecular formula is C19H22N8O5. The number of nitrogen functional groups attached to an aromatic ring is 1. The number of aliphatic hydroxyl groups is 3. The molecule has 2 unspecified atom stereocenters. The van der Waals surface area contributed by atoms with Gasteiger partial charge in [0.1, 0.15) is 23.8 Å². The highest BCUT2D eigenvalue weighted by molar-refractivity contribution is 5.89. The Kier molecular flexibility index (Phi) is 5.96. The summed E-state index contributed by atoms with van der Waals surface area (Å²) < 4.78 is 6.94. The molecule has 1 aliphatic rings. The summed E-state index contributed by atoms with van der Waals surface area (Å²) in [5.41, 5.74) is 10.6. The summed E-state index contributed by atoms with van der Waals surface area (Å²) in [4.78, 5) is 23.7. The average Bonchev–Trinajstić information content (AvgIpc) is 3.30. The molecule has 0 saturated carbocycles. The van der Waals surface area contributed by atoms with Crippen LogP contribution in [0.15, 0.2) is 35.7 Å². The predicted molar refractivity (Wildman–Crippen MR) is 115 cm³/mol. The number of hydrogen-bond donors (Lipinski definition) is 6. The van der Waals surface area contributed by atoms with E-state index in [-0.39, 0.29) is 28.8 Å². The van der Waals surface area contributed by atoms with E-state index in [9.17, 15) is 20.1 Å². The van der Waals surface area contributed by atoms with Gasteiger partial charge in [-0.15, -0.1) is 0 Å². The Balaban J connectivity index is 1.53. The van der Waals surface area contributed by atoms with Crippen molar-refractivity contribution in [3.63, 3.8) is 0 Å². The molecule has 4 atom stereocenters. The third kappa shape index (κ3) is 4.22. The van der Waals surface area contributed by atoms with Crippen molar-refractivity contribution < 1.29 is 24.9 Å². The minimum atomic E-state index is -1.30. The number of hydrogen-bond acceptors (Lipinski definition) is 11. The molecule has 0 radical (unpaired) electrons. The number of benzene rings is 1. The van der Waals surface area contributed by atoms with E-state index in [2.05, 4.69) is 30.8 Å². The highest BCUT2D eigenvalue weighted by Crippen LogP contribution is 2.32. The number of imidazole rings is 1. The average molecular weight is 442 g/mol. The molecule has 1 fully saturated rings. The summed E-state index contributed by atoms with van der Waals surface area (Å²) in [6, 6.07) is 7.02. The molecule has 3 heterocycles. The molecule has 32 heavy (non-hydrogen) atoms. The van der Waals surface area contributed by atoms with Gasteiger partial charge < -0.3 is 31.1 Å².